The van der Waals surface area contributed by atoms with E-state index in [0.717, 1.165) is 0 Å². The van der Waals surface area contributed by atoms with E-state index in [-0.39, 0.29) is 0 Å². The number of hydrogen-bond donors (Lipinski definition) is 0. The van der Waals surface area contributed by atoms with Gasteiger partial charge < -0.3 is 0 Å². The zero-order valence-corrected chi connectivity index (χ0v) is 16.5. The molecule has 3 heteroatoms. The van der Waals surface area contributed by atoms with Crippen LogP contribution in [0, 0.1) is 0 Å². The molecule has 0 unspecified atom stereocenters. The summed E-state index contributed by atoms with van der Waals surface area (Å²) in [6.07, 6.45) is 0. The summed E-state index contributed by atoms with van der Waals surface area (Å²) < 4.78 is 0. The van der Waals surface area contributed by atoms with E-state index in [0.29, 0.717) is 0 Å². The van der Waals surface area contributed by atoms with Gasteiger partial charge in [-0.05, 0) is 23.8 Å². The van der Waals surface area contributed by atoms with E-state index in [9.17, 15) is 0 Å². The Kier molecular flexibility index (Phi) is 7.70. The summed E-state index contributed by atoms with van der Waals surface area (Å²) >= 11 is 4.34. The number of benzene rings is 3. The topological polar surface area (TPSA) is 0 Å². The minimum atomic E-state index is -0.446. The molecule has 0 bridgehead atoms. The summed E-state index contributed by atoms with van der Waals surface area (Å²) in [4.78, 5) is 0. The Hall–Kier alpha value is -0.440. The Bertz CT molecular complexity index is 535. The van der Waals surface area contributed by atoms with Gasteiger partial charge in [0.15, 0.2) is 0 Å². The molecule has 0 amide bonds. The molecule has 110 valence electrons. The summed E-state index contributed by atoms with van der Waals surface area (Å²) in [5, 5.41) is 4.19. The molecule has 3 aromatic rings. The van der Waals surface area contributed by atoms with E-state index in [1.54, 1.807) is 0 Å². The third-order valence-electron chi connectivity index (χ3n) is 3.04. The van der Waals surface area contributed by atoms with E-state index in [1.165, 1.54) is 15.9 Å². The number of halogens is 1. The number of hydrogen-bond acceptors (Lipinski definition) is 0. The van der Waals surface area contributed by atoms with Gasteiger partial charge in [0.25, 0.3) is 0 Å². The van der Waals surface area contributed by atoms with Crippen molar-refractivity contribution in [2.24, 2.45) is 0 Å². The van der Waals surface area contributed by atoms with Gasteiger partial charge in [0.1, 0.15) is 0 Å². The fourth-order valence-electron chi connectivity index (χ4n) is 2.18. The van der Waals surface area contributed by atoms with Crippen LogP contribution in [0.3, 0.4) is 0 Å². The van der Waals surface area contributed by atoms with Crippen LogP contribution in [-0.2, 0) is 17.3 Å². The quantitative estimate of drug-likeness (QED) is 0.244. The van der Waals surface area contributed by atoms with Crippen LogP contribution in [0.4, 0.5) is 0 Å². The second kappa shape index (κ2) is 9.55. The van der Waals surface area contributed by atoms with Gasteiger partial charge in [0, 0.05) is 0 Å². The average Bonchev–Trinajstić information content (AvgIpc) is 2.60. The van der Waals surface area contributed by atoms with Crippen molar-refractivity contribution < 1.29 is 17.3 Å². The summed E-state index contributed by atoms with van der Waals surface area (Å²) in [5.74, 6) is 0. The van der Waals surface area contributed by atoms with Gasteiger partial charge in [-0.25, -0.2) is 0 Å². The molecule has 0 heterocycles. The molecule has 3 aromatic carbocycles. The summed E-state index contributed by atoms with van der Waals surface area (Å²) in [6, 6.07) is 32.3. The van der Waals surface area contributed by atoms with Crippen LogP contribution in [0.15, 0.2) is 91.0 Å². The van der Waals surface area contributed by atoms with Gasteiger partial charge in [-0.3, -0.25) is 0 Å². The standard InChI is InChI=1S/C18H15P.Au.HI/c1-4-10-16(11-5-1)19(17-12-6-2-7-13-17)18-14-8-3-9-15-18;;/h1-15H;;1H/q;+1;/p-1. The zero-order chi connectivity index (χ0) is 14.9. The second-order valence-corrected chi connectivity index (χ2v) is 6.56. The smallest absolute Gasteiger partial charge is 0.0134 e. The van der Waals surface area contributed by atoms with Gasteiger partial charge in [-0.2, -0.15) is 0 Å². The van der Waals surface area contributed by atoms with Crippen molar-refractivity contribution in [1.29, 1.82) is 0 Å². The fraction of sp³-hybridized carbons (Fsp3) is 0. The Balaban J connectivity index is 0.000000774. The molecule has 0 saturated heterocycles. The minimum Gasteiger partial charge on any atom is -0.0622 e. The SMILES string of the molecule is [I][Au].c1ccc(P(c2ccccc2)c2ccccc2)cc1. The molecule has 0 radical (unpaired) electrons. The Morgan fingerprint density at radius 3 is 0.952 bits per heavy atom. The maximum atomic E-state index is 2.25. The van der Waals surface area contributed by atoms with Crippen molar-refractivity contribution in [1.82, 2.24) is 0 Å². The van der Waals surface area contributed by atoms with E-state index in [4.69, 9.17) is 0 Å². The maximum absolute atomic E-state index is 2.25. The first-order valence-corrected chi connectivity index (χ1v) is 14.0. The van der Waals surface area contributed by atoms with Gasteiger partial charge in [-0.15, -0.1) is 0 Å². The van der Waals surface area contributed by atoms with Gasteiger partial charge in [0.2, 0.25) is 0 Å². The van der Waals surface area contributed by atoms with Crippen LogP contribution in [0.5, 0.6) is 0 Å². The van der Waals surface area contributed by atoms with Crippen molar-refractivity contribution in [3.63, 3.8) is 0 Å². The summed E-state index contributed by atoms with van der Waals surface area (Å²) in [5.41, 5.74) is 0. The monoisotopic (exact) mass is 586 g/mol. The Morgan fingerprint density at radius 2 is 0.714 bits per heavy atom. The van der Waals surface area contributed by atoms with E-state index in [2.05, 4.69) is 127 Å². The predicted octanol–water partition coefficient (Wildman–Crippen LogP) is 4.33. The molecule has 0 aliphatic rings. The predicted molar refractivity (Wildman–Crippen MR) is 99.2 cm³/mol. The minimum absolute atomic E-state index is 0.446. The first-order valence-electron chi connectivity index (χ1n) is 6.52. The van der Waals surface area contributed by atoms with Crippen molar-refractivity contribution in [2.45, 2.75) is 0 Å². The molecule has 0 saturated carbocycles. The first-order chi connectivity index (χ1) is 10.4. The molecule has 0 aliphatic heterocycles. The van der Waals surface area contributed by atoms with E-state index >= 15 is 0 Å². The van der Waals surface area contributed by atoms with Crippen molar-refractivity contribution >= 4 is 42.9 Å². The van der Waals surface area contributed by atoms with E-state index < -0.39 is 7.92 Å². The van der Waals surface area contributed by atoms with Crippen molar-refractivity contribution in [3.8, 4) is 0 Å². The molecule has 0 N–H and O–H groups in total. The molecule has 0 atom stereocenters. The van der Waals surface area contributed by atoms with Crippen molar-refractivity contribution in [3.05, 3.63) is 91.0 Å². The molecule has 0 fully saturated rings. The molecule has 0 spiro atoms. The Morgan fingerprint density at radius 1 is 0.476 bits per heavy atom. The van der Waals surface area contributed by atoms with Gasteiger partial charge in [-0.1, -0.05) is 91.0 Å². The Labute approximate surface area is 150 Å². The zero-order valence-electron chi connectivity index (χ0n) is 11.3. The number of rotatable bonds is 3. The molecule has 3 rings (SSSR count). The second-order valence-electron chi connectivity index (χ2n) is 4.34. The van der Waals surface area contributed by atoms with Crippen LogP contribution >= 0.6 is 26.9 Å². The van der Waals surface area contributed by atoms with Crippen LogP contribution in [0.2, 0.25) is 0 Å². The third kappa shape index (κ3) is 4.77. The molecular formula is C18H15AuIP. The van der Waals surface area contributed by atoms with Crippen LogP contribution in [0.25, 0.3) is 0 Å². The van der Waals surface area contributed by atoms with Crippen LogP contribution in [-0.4, -0.2) is 0 Å². The van der Waals surface area contributed by atoms with E-state index in [1.807, 2.05) is 0 Å². The molecule has 0 nitrogen and oxygen atoms in total. The van der Waals surface area contributed by atoms with Crippen molar-refractivity contribution in [2.75, 3.05) is 0 Å². The summed E-state index contributed by atoms with van der Waals surface area (Å²) in [7, 11) is -0.446. The maximum Gasteiger partial charge on any atom is -0.0134 e. The molecular weight excluding hydrogens is 571 g/mol. The normalized spacial score (nSPS) is 9.90. The first kappa shape index (κ1) is 16.9. The summed E-state index contributed by atoms with van der Waals surface area (Å²) in [6.45, 7) is 0. The molecule has 0 aliphatic carbocycles. The third-order valence-corrected chi connectivity index (χ3v) is 5.49. The fourth-order valence-corrected chi connectivity index (χ4v) is 4.48. The van der Waals surface area contributed by atoms with Gasteiger partial charge >= 0.3 is 36.3 Å². The van der Waals surface area contributed by atoms with Crippen LogP contribution in [0.1, 0.15) is 0 Å². The average molecular weight is 586 g/mol. The molecule has 21 heavy (non-hydrogen) atoms. The van der Waals surface area contributed by atoms with Crippen LogP contribution < -0.4 is 15.9 Å². The largest absolute Gasteiger partial charge is 0.0622 e. The molecule has 0 aromatic heterocycles. The van der Waals surface area contributed by atoms with Gasteiger partial charge in [0.05, 0.1) is 0 Å².